The molecular formula is C16H19N5O2S. The van der Waals surface area contributed by atoms with Gasteiger partial charge in [-0.05, 0) is 31.9 Å². The largest absolute Gasteiger partial charge is 0.325 e. The van der Waals surface area contributed by atoms with Crippen LogP contribution in [0.15, 0.2) is 35.5 Å². The number of urea groups is 1. The van der Waals surface area contributed by atoms with E-state index in [9.17, 15) is 9.59 Å². The normalized spacial score (nSPS) is 13.5. The number of hydrogen-bond acceptors (Lipinski definition) is 5. The number of anilines is 1. The Morgan fingerprint density at radius 1 is 1.25 bits per heavy atom. The molecule has 1 aromatic heterocycles. The zero-order valence-electron chi connectivity index (χ0n) is 13.4. The van der Waals surface area contributed by atoms with Gasteiger partial charge in [-0.1, -0.05) is 30.0 Å². The number of nitrogens with zero attached hydrogens (tertiary/aromatic N) is 3. The highest BCUT2D eigenvalue weighted by Crippen LogP contribution is 2.39. The maximum Gasteiger partial charge on any atom is 0.325 e. The summed E-state index contributed by atoms with van der Waals surface area (Å²) in [6.07, 6.45) is 2.31. The van der Waals surface area contributed by atoms with Crippen LogP contribution in [-0.4, -0.2) is 32.5 Å². The van der Waals surface area contributed by atoms with E-state index in [0.29, 0.717) is 11.6 Å². The van der Waals surface area contributed by atoms with E-state index in [2.05, 4.69) is 20.8 Å². The molecule has 1 aliphatic carbocycles. The van der Waals surface area contributed by atoms with Crippen molar-refractivity contribution in [3.05, 3.63) is 36.2 Å². The lowest BCUT2D eigenvalue weighted by molar-refractivity contribution is -0.117. The molecule has 1 fully saturated rings. The fourth-order valence-electron chi connectivity index (χ4n) is 2.32. The zero-order chi connectivity index (χ0) is 16.9. The first-order valence-corrected chi connectivity index (χ1v) is 8.87. The Labute approximate surface area is 144 Å². The molecule has 1 aromatic carbocycles. The molecule has 7 nitrogen and oxygen atoms in total. The molecule has 1 saturated carbocycles. The molecule has 0 bridgehead atoms. The number of imide groups is 1. The second-order valence-electron chi connectivity index (χ2n) is 5.52. The third kappa shape index (κ3) is 4.14. The Kier molecular flexibility index (Phi) is 5.14. The number of amides is 3. The van der Waals surface area contributed by atoms with Crippen molar-refractivity contribution in [1.82, 2.24) is 20.1 Å². The molecule has 0 aliphatic heterocycles. The number of benzene rings is 1. The maximum absolute atomic E-state index is 11.9. The Morgan fingerprint density at radius 3 is 2.67 bits per heavy atom. The van der Waals surface area contributed by atoms with Gasteiger partial charge in [-0.25, -0.2) is 4.79 Å². The van der Waals surface area contributed by atoms with E-state index >= 15 is 0 Å². The number of rotatable bonds is 6. The minimum atomic E-state index is -0.539. The van der Waals surface area contributed by atoms with Crippen molar-refractivity contribution in [1.29, 1.82) is 0 Å². The van der Waals surface area contributed by atoms with Crippen molar-refractivity contribution < 1.29 is 9.59 Å². The maximum atomic E-state index is 11.9. The van der Waals surface area contributed by atoms with Crippen LogP contribution in [0.3, 0.4) is 0 Å². The van der Waals surface area contributed by atoms with Gasteiger partial charge in [-0.2, -0.15) is 0 Å². The molecular weight excluding hydrogens is 326 g/mol. The summed E-state index contributed by atoms with van der Waals surface area (Å²) in [4.78, 5) is 23.7. The lowest BCUT2D eigenvalue weighted by atomic mass is 10.3. The Morgan fingerprint density at radius 2 is 2.00 bits per heavy atom. The summed E-state index contributed by atoms with van der Waals surface area (Å²) >= 11 is 1.29. The summed E-state index contributed by atoms with van der Waals surface area (Å²) in [5.41, 5.74) is 0.634. The summed E-state index contributed by atoms with van der Waals surface area (Å²) in [7, 11) is 0. The summed E-state index contributed by atoms with van der Waals surface area (Å²) in [5.74, 6) is 1.26. The fraction of sp³-hybridized carbons (Fsp3) is 0.375. The number of carbonyl (C=O) groups is 2. The van der Waals surface area contributed by atoms with Gasteiger partial charge in [0.1, 0.15) is 5.82 Å². The molecule has 0 atom stereocenters. The van der Waals surface area contributed by atoms with Gasteiger partial charge in [-0.3, -0.25) is 10.1 Å². The predicted molar refractivity (Wildman–Crippen MR) is 92.0 cm³/mol. The van der Waals surface area contributed by atoms with E-state index < -0.39 is 6.03 Å². The molecule has 2 N–H and O–H groups in total. The highest BCUT2D eigenvalue weighted by molar-refractivity contribution is 7.99. The topological polar surface area (TPSA) is 88.9 Å². The standard InChI is InChI=1S/C16H19N5O2S/c1-2-21-14(11-8-9-11)19-20-16(21)24-10-13(22)18-15(23)17-12-6-4-3-5-7-12/h3-7,11H,2,8-10H2,1H3,(H2,17,18,22,23). The average molecular weight is 345 g/mol. The molecule has 0 unspecified atom stereocenters. The van der Waals surface area contributed by atoms with Gasteiger partial charge >= 0.3 is 6.03 Å². The van der Waals surface area contributed by atoms with Crippen LogP contribution in [0, 0.1) is 0 Å². The van der Waals surface area contributed by atoms with Crippen LogP contribution in [0.4, 0.5) is 10.5 Å². The van der Waals surface area contributed by atoms with Gasteiger partial charge in [0.2, 0.25) is 5.91 Å². The van der Waals surface area contributed by atoms with Crippen LogP contribution in [0.5, 0.6) is 0 Å². The van der Waals surface area contributed by atoms with E-state index in [1.54, 1.807) is 12.1 Å². The first-order valence-electron chi connectivity index (χ1n) is 7.89. The summed E-state index contributed by atoms with van der Waals surface area (Å²) in [6.45, 7) is 2.81. The van der Waals surface area contributed by atoms with Gasteiger partial charge in [0, 0.05) is 18.2 Å². The number of thioether (sulfide) groups is 1. The smallest absolute Gasteiger partial charge is 0.308 e. The second-order valence-corrected chi connectivity index (χ2v) is 6.46. The van der Waals surface area contributed by atoms with Crippen LogP contribution in [-0.2, 0) is 11.3 Å². The molecule has 0 radical (unpaired) electrons. The van der Waals surface area contributed by atoms with Gasteiger partial charge in [0.05, 0.1) is 5.75 Å². The summed E-state index contributed by atoms with van der Waals surface area (Å²) in [5, 5.41) is 14.0. The number of carbonyl (C=O) groups excluding carboxylic acids is 2. The number of hydrogen-bond donors (Lipinski definition) is 2. The number of para-hydroxylation sites is 1. The predicted octanol–water partition coefficient (Wildman–Crippen LogP) is 2.62. The van der Waals surface area contributed by atoms with Gasteiger partial charge in [0.25, 0.3) is 0 Å². The molecule has 3 rings (SSSR count). The van der Waals surface area contributed by atoms with Gasteiger partial charge in [0.15, 0.2) is 5.16 Å². The van der Waals surface area contributed by atoms with E-state index in [1.807, 2.05) is 29.7 Å². The Balaban J connectivity index is 1.49. The van der Waals surface area contributed by atoms with Crippen molar-refractivity contribution >= 4 is 29.4 Å². The second kappa shape index (κ2) is 7.48. The molecule has 1 heterocycles. The first kappa shape index (κ1) is 16.5. The van der Waals surface area contributed by atoms with Crippen molar-refractivity contribution in [2.24, 2.45) is 0 Å². The monoisotopic (exact) mass is 345 g/mol. The van der Waals surface area contributed by atoms with Crippen molar-refractivity contribution in [3.8, 4) is 0 Å². The van der Waals surface area contributed by atoms with Crippen LogP contribution in [0.2, 0.25) is 0 Å². The van der Waals surface area contributed by atoms with Crippen LogP contribution < -0.4 is 10.6 Å². The van der Waals surface area contributed by atoms with E-state index in [0.717, 1.165) is 30.4 Å². The fourth-order valence-corrected chi connectivity index (χ4v) is 3.13. The highest BCUT2D eigenvalue weighted by atomic mass is 32.2. The minimum absolute atomic E-state index is 0.116. The SMILES string of the molecule is CCn1c(SCC(=O)NC(=O)Nc2ccccc2)nnc1C1CC1. The molecule has 126 valence electrons. The molecule has 8 heteroatoms. The van der Waals surface area contributed by atoms with E-state index in [1.165, 1.54) is 11.8 Å². The molecule has 2 aromatic rings. The quantitative estimate of drug-likeness (QED) is 0.786. The first-order chi connectivity index (χ1) is 11.7. The molecule has 0 saturated heterocycles. The van der Waals surface area contributed by atoms with Gasteiger partial charge < -0.3 is 9.88 Å². The lowest BCUT2D eigenvalue weighted by Gasteiger charge is -2.07. The van der Waals surface area contributed by atoms with Crippen molar-refractivity contribution in [2.75, 3.05) is 11.1 Å². The summed E-state index contributed by atoms with van der Waals surface area (Å²) in [6, 6.07) is 8.43. The number of nitrogens with one attached hydrogen (secondary N) is 2. The summed E-state index contributed by atoms with van der Waals surface area (Å²) < 4.78 is 2.04. The average Bonchev–Trinajstić information content (AvgIpc) is 3.33. The lowest BCUT2D eigenvalue weighted by Crippen LogP contribution is -2.35. The van der Waals surface area contributed by atoms with Crippen LogP contribution in [0.25, 0.3) is 0 Å². The van der Waals surface area contributed by atoms with E-state index in [-0.39, 0.29) is 11.7 Å². The van der Waals surface area contributed by atoms with Crippen LogP contribution in [0.1, 0.15) is 31.5 Å². The third-order valence-electron chi connectivity index (χ3n) is 3.62. The zero-order valence-corrected chi connectivity index (χ0v) is 14.2. The van der Waals surface area contributed by atoms with Crippen LogP contribution >= 0.6 is 11.8 Å². The third-order valence-corrected chi connectivity index (χ3v) is 4.59. The molecule has 1 aliphatic rings. The van der Waals surface area contributed by atoms with Crippen molar-refractivity contribution in [2.45, 2.75) is 37.4 Å². The molecule has 0 spiro atoms. The number of aromatic nitrogens is 3. The van der Waals surface area contributed by atoms with E-state index in [4.69, 9.17) is 0 Å². The van der Waals surface area contributed by atoms with Crippen molar-refractivity contribution in [3.63, 3.8) is 0 Å². The highest BCUT2D eigenvalue weighted by Gasteiger charge is 2.30. The molecule has 3 amide bonds. The Bertz CT molecular complexity index is 727. The Hall–Kier alpha value is -2.35. The minimum Gasteiger partial charge on any atom is -0.308 e. The molecule has 24 heavy (non-hydrogen) atoms. The van der Waals surface area contributed by atoms with Gasteiger partial charge in [-0.15, -0.1) is 10.2 Å².